The van der Waals surface area contributed by atoms with Crippen LogP contribution in [0, 0.1) is 12.7 Å². The fourth-order valence-corrected chi connectivity index (χ4v) is 3.19. The van der Waals surface area contributed by atoms with Crippen LogP contribution in [0.25, 0.3) is 11.5 Å². The molecule has 0 bridgehead atoms. The Balaban J connectivity index is 1.41. The quantitative estimate of drug-likeness (QED) is 0.772. The van der Waals surface area contributed by atoms with E-state index in [0.29, 0.717) is 17.4 Å². The molecule has 0 spiro atoms. The Bertz CT molecular complexity index is 889. The molecule has 4 rings (SSSR count). The number of aromatic nitrogens is 3. The summed E-state index contributed by atoms with van der Waals surface area (Å²) in [5.41, 5.74) is 1.43. The van der Waals surface area contributed by atoms with E-state index >= 15 is 0 Å². The standard InChI is InChI=1S/C19H20FN5O/c1-13-22-19(26-24-13)14-6-9-21-18(12-14)25-10-7-15(8-11-25)23-17-5-3-2-4-16(17)20/h2-6,9,12,15,23H,7-8,10-11H2,1H3. The molecule has 2 aromatic heterocycles. The van der Waals surface area contributed by atoms with Crippen LogP contribution in [0.1, 0.15) is 18.7 Å². The number of halogens is 1. The smallest absolute Gasteiger partial charge is 0.258 e. The van der Waals surface area contributed by atoms with Gasteiger partial charge in [-0.2, -0.15) is 4.98 Å². The predicted octanol–water partition coefficient (Wildman–Crippen LogP) is 3.66. The maximum atomic E-state index is 13.8. The average Bonchev–Trinajstić information content (AvgIpc) is 3.11. The van der Waals surface area contributed by atoms with Crippen molar-refractivity contribution in [2.75, 3.05) is 23.3 Å². The highest BCUT2D eigenvalue weighted by molar-refractivity contribution is 5.58. The zero-order chi connectivity index (χ0) is 17.9. The highest BCUT2D eigenvalue weighted by atomic mass is 19.1. The Morgan fingerprint density at radius 2 is 2.00 bits per heavy atom. The van der Waals surface area contributed by atoms with E-state index in [1.54, 1.807) is 25.3 Å². The van der Waals surface area contributed by atoms with Gasteiger partial charge in [-0.05, 0) is 44.0 Å². The molecule has 0 amide bonds. The van der Waals surface area contributed by atoms with Crippen LogP contribution in [0.15, 0.2) is 47.1 Å². The fourth-order valence-electron chi connectivity index (χ4n) is 3.19. The lowest BCUT2D eigenvalue weighted by Crippen LogP contribution is -2.39. The highest BCUT2D eigenvalue weighted by Crippen LogP contribution is 2.25. The van der Waals surface area contributed by atoms with Crippen LogP contribution >= 0.6 is 0 Å². The topological polar surface area (TPSA) is 67.1 Å². The van der Waals surface area contributed by atoms with Gasteiger partial charge >= 0.3 is 0 Å². The number of anilines is 2. The minimum absolute atomic E-state index is 0.209. The highest BCUT2D eigenvalue weighted by Gasteiger charge is 2.21. The summed E-state index contributed by atoms with van der Waals surface area (Å²) in [7, 11) is 0. The number of hydrogen-bond acceptors (Lipinski definition) is 6. The second-order valence-corrected chi connectivity index (χ2v) is 6.43. The lowest BCUT2D eigenvalue weighted by molar-refractivity contribution is 0.425. The SMILES string of the molecule is Cc1noc(-c2ccnc(N3CCC(Nc4ccccc4F)CC3)c2)n1. The number of nitrogens with zero attached hydrogens (tertiary/aromatic N) is 4. The van der Waals surface area contributed by atoms with Gasteiger partial charge in [-0.15, -0.1) is 0 Å². The second-order valence-electron chi connectivity index (χ2n) is 6.43. The normalized spacial score (nSPS) is 15.2. The molecule has 0 radical (unpaired) electrons. The molecule has 6 nitrogen and oxygen atoms in total. The first kappa shape index (κ1) is 16.5. The number of para-hydroxylation sites is 1. The first-order valence-corrected chi connectivity index (χ1v) is 8.72. The number of pyridine rings is 1. The summed E-state index contributed by atoms with van der Waals surface area (Å²) in [4.78, 5) is 11.0. The average molecular weight is 353 g/mol. The first-order chi connectivity index (χ1) is 12.7. The van der Waals surface area contributed by atoms with Crippen molar-refractivity contribution in [2.45, 2.75) is 25.8 Å². The number of aryl methyl sites for hydroxylation is 1. The van der Waals surface area contributed by atoms with Gasteiger partial charge in [0.25, 0.3) is 5.89 Å². The van der Waals surface area contributed by atoms with Gasteiger partial charge in [0.1, 0.15) is 11.6 Å². The summed E-state index contributed by atoms with van der Waals surface area (Å²) in [6.45, 7) is 3.50. The van der Waals surface area contributed by atoms with Crippen LogP contribution in [0.2, 0.25) is 0 Å². The van der Waals surface area contributed by atoms with Gasteiger partial charge in [0.05, 0.1) is 5.69 Å². The van der Waals surface area contributed by atoms with Gasteiger partial charge in [0, 0.05) is 30.9 Å². The van der Waals surface area contributed by atoms with Crippen LogP contribution in [0.3, 0.4) is 0 Å². The molecule has 0 atom stereocenters. The van der Waals surface area contributed by atoms with Gasteiger partial charge in [0.15, 0.2) is 5.82 Å². The van der Waals surface area contributed by atoms with E-state index in [-0.39, 0.29) is 11.9 Å². The molecule has 0 aliphatic carbocycles. The van der Waals surface area contributed by atoms with E-state index in [1.165, 1.54) is 6.07 Å². The number of nitrogens with one attached hydrogen (secondary N) is 1. The molecule has 134 valence electrons. The van der Waals surface area contributed by atoms with Crippen LogP contribution in [0.4, 0.5) is 15.9 Å². The van der Waals surface area contributed by atoms with Crippen molar-refractivity contribution < 1.29 is 8.91 Å². The molecule has 1 aliphatic rings. The minimum atomic E-state index is -0.209. The molecule has 0 unspecified atom stereocenters. The van der Waals surface area contributed by atoms with Crippen LogP contribution in [-0.2, 0) is 0 Å². The number of rotatable bonds is 4. The third-order valence-corrected chi connectivity index (χ3v) is 4.57. The van der Waals surface area contributed by atoms with Gasteiger partial charge in [-0.3, -0.25) is 0 Å². The fraction of sp³-hybridized carbons (Fsp3) is 0.316. The molecular formula is C19H20FN5O. The third-order valence-electron chi connectivity index (χ3n) is 4.57. The summed E-state index contributed by atoms with van der Waals surface area (Å²) in [5.74, 6) is 1.79. The van der Waals surface area contributed by atoms with Crippen molar-refractivity contribution >= 4 is 11.5 Å². The molecule has 1 saturated heterocycles. The van der Waals surface area contributed by atoms with E-state index in [0.717, 1.165) is 37.3 Å². The lowest BCUT2D eigenvalue weighted by Gasteiger charge is -2.33. The second kappa shape index (κ2) is 7.11. The summed E-state index contributed by atoms with van der Waals surface area (Å²) >= 11 is 0. The van der Waals surface area contributed by atoms with Crippen LogP contribution in [0.5, 0.6) is 0 Å². The molecule has 7 heteroatoms. The molecule has 1 aromatic carbocycles. The van der Waals surface area contributed by atoms with E-state index in [4.69, 9.17) is 4.52 Å². The Hall–Kier alpha value is -2.96. The predicted molar refractivity (Wildman–Crippen MR) is 97.5 cm³/mol. The molecule has 1 aliphatic heterocycles. The molecule has 0 saturated carbocycles. The Labute approximate surface area is 151 Å². The first-order valence-electron chi connectivity index (χ1n) is 8.72. The van der Waals surface area contributed by atoms with Gasteiger partial charge in [0.2, 0.25) is 0 Å². The van der Waals surface area contributed by atoms with Crippen molar-refractivity contribution in [2.24, 2.45) is 0 Å². The van der Waals surface area contributed by atoms with E-state index < -0.39 is 0 Å². The van der Waals surface area contributed by atoms with E-state index in [1.807, 2.05) is 18.2 Å². The van der Waals surface area contributed by atoms with Gasteiger partial charge < -0.3 is 14.7 Å². The Kier molecular flexibility index (Phi) is 4.51. The van der Waals surface area contributed by atoms with Gasteiger partial charge in [-0.1, -0.05) is 17.3 Å². The van der Waals surface area contributed by atoms with Gasteiger partial charge in [-0.25, -0.2) is 9.37 Å². The maximum Gasteiger partial charge on any atom is 0.258 e. The molecule has 3 aromatic rings. The van der Waals surface area contributed by atoms with Crippen molar-refractivity contribution in [3.63, 3.8) is 0 Å². The lowest BCUT2D eigenvalue weighted by atomic mass is 10.0. The zero-order valence-electron chi connectivity index (χ0n) is 14.5. The number of hydrogen-bond donors (Lipinski definition) is 1. The molecule has 1 fully saturated rings. The van der Waals surface area contributed by atoms with Crippen LogP contribution < -0.4 is 10.2 Å². The summed E-state index contributed by atoms with van der Waals surface area (Å²) in [6, 6.07) is 10.9. The van der Waals surface area contributed by atoms with Crippen molar-refractivity contribution in [3.05, 3.63) is 54.2 Å². The van der Waals surface area contributed by atoms with E-state index in [2.05, 4.69) is 25.3 Å². The molecule has 1 N–H and O–H groups in total. The molecular weight excluding hydrogens is 333 g/mol. The van der Waals surface area contributed by atoms with Crippen molar-refractivity contribution in [1.29, 1.82) is 0 Å². The summed E-state index contributed by atoms with van der Waals surface area (Å²) in [5, 5.41) is 7.14. The Morgan fingerprint density at radius 3 is 2.73 bits per heavy atom. The summed E-state index contributed by atoms with van der Waals surface area (Å²) in [6.07, 6.45) is 3.59. The van der Waals surface area contributed by atoms with Crippen molar-refractivity contribution in [1.82, 2.24) is 15.1 Å². The minimum Gasteiger partial charge on any atom is -0.380 e. The number of piperidine rings is 1. The third kappa shape index (κ3) is 3.51. The van der Waals surface area contributed by atoms with Crippen molar-refractivity contribution in [3.8, 4) is 11.5 Å². The zero-order valence-corrected chi connectivity index (χ0v) is 14.5. The molecule has 26 heavy (non-hydrogen) atoms. The monoisotopic (exact) mass is 353 g/mol. The summed E-state index contributed by atoms with van der Waals surface area (Å²) < 4.78 is 19.0. The Morgan fingerprint density at radius 1 is 1.19 bits per heavy atom. The maximum absolute atomic E-state index is 13.8. The largest absolute Gasteiger partial charge is 0.380 e. The molecule has 3 heterocycles. The number of benzene rings is 1. The van der Waals surface area contributed by atoms with Crippen LogP contribution in [-0.4, -0.2) is 34.3 Å². The van der Waals surface area contributed by atoms with E-state index in [9.17, 15) is 4.39 Å².